The molecule has 0 aliphatic rings. The maximum atomic E-state index is 11.9. The van der Waals surface area contributed by atoms with Gasteiger partial charge >= 0.3 is 5.51 Å². The van der Waals surface area contributed by atoms with E-state index >= 15 is 0 Å². The van der Waals surface area contributed by atoms with Crippen molar-refractivity contribution in [2.75, 3.05) is 5.73 Å². The molecule has 0 saturated heterocycles. The molecule has 1 rings (SSSR count). The number of halogens is 4. The summed E-state index contributed by atoms with van der Waals surface area (Å²) in [6.07, 6.45) is 1.41. The Balaban J connectivity index is 2.94. The molecule has 0 fully saturated rings. The lowest BCUT2D eigenvalue weighted by molar-refractivity contribution is -0.0328. The highest BCUT2D eigenvalue weighted by molar-refractivity contribution is 14.1. The number of hydrogen-bond acceptors (Lipinski definition) is 3. The van der Waals surface area contributed by atoms with Gasteiger partial charge in [-0.2, -0.15) is 13.2 Å². The van der Waals surface area contributed by atoms with Crippen molar-refractivity contribution in [3.63, 3.8) is 0 Å². The number of nitrogens with zero attached hydrogens (tertiary/aromatic N) is 1. The molecule has 13 heavy (non-hydrogen) atoms. The van der Waals surface area contributed by atoms with Gasteiger partial charge in [0.2, 0.25) is 0 Å². The van der Waals surface area contributed by atoms with Crippen molar-refractivity contribution in [3.8, 4) is 0 Å². The molecule has 1 heterocycles. The van der Waals surface area contributed by atoms with Crippen molar-refractivity contribution in [2.45, 2.75) is 10.4 Å². The molecule has 0 saturated carbocycles. The minimum Gasteiger partial charge on any atom is -0.383 e. The summed E-state index contributed by atoms with van der Waals surface area (Å²) in [6, 6.07) is 1.35. The van der Waals surface area contributed by atoms with E-state index in [2.05, 4.69) is 4.98 Å². The normalized spacial score (nSPS) is 11.7. The Hall–Kier alpha value is -0.180. The highest BCUT2D eigenvalue weighted by Crippen LogP contribution is 2.39. The molecule has 1 aromatic rings. The lowest BCUT2D eigenvalue weighted by Crippen LogP contribution is -2.02. The Morgan fingerprint density at radius 2 is 2.08 bits per heavy atom. The van der Waals surface area contributed by atoms with Crippen LogP contribution in [0.25, 0.3) is 0 Å². The van der Waals surface area contributed by atoms with Crippen LogP contribution in [-0.4, -0.2) is 10.5 Å². The molecule has 0 spiro atoms. The molecule has 0 radical (unpaired) electrons. The van der Waals surface area contributed by atoms with Gasteiger partial charge in [-0.3, -0.25) is 0 Å². The fraction of sp³-hybridized carbons (Fsp3) is 0.167. The first kappa shape index (κ1) is 10.9. The van der Waals surface area contributed by atoms with Gasteiger partial charge in [0.25, 0.3) is 0 Å². The highest BCUT2D eigenvalue weighted by atomic mass is 127. The second-order valence-electron chi connectivity index (χ2n) is 2.08. The van der Waals surface area contributed by atoms with Gasteiger partial charge in [0.05, 0.1) is 4.90 Å². The number of alkyl halides is 3. The second kappa shape index (κ2) is 3.91. The number of rotatable bonds is 1. The van der Waals surface area contributed by atoms with Gasteiger partial charge in [-0.1, -0.05) is 0 Å². The Morgan fingerprint density at radius 1 is 1.46 bits per heavy atom. The first-order valence-electron chi connectivity index (χ1n) is 3.05. The van der Waals surface area contributed by atoms with Gasteiger partial charge in [-0.15, -0.1) is 0 Å². The van der Waals surface area contributed by atoms with Crippen LogP contribution < -0.4 is 5.73 Å². The number of hydrogen-bond donors (Lipinski definition) is 1. The summed E-state index contributed by atoms with van der Waals surface area (Å²) < 4.78 is 36.4. The van der Waals surface area contributed by atoms with Crippen molar-refractivity contribution >= 4 is 40.2 Å². The third-order valence-corrected chi connectivity index (χ3v) is 2.44. The SMILES string of the molecule is Nc1ncc(I)cc1SC(F)(F)F. The van der Waals surface area contributed by atoms with E-state index in [1.54, 1.807) is 0 Å². The zero-order valence-corrected chi connectivity index (χ0v) is 9.07. The standard InChI is InChI=1S/C6H4F3IN2S/c7-6(8,9)13-4-1-3(10)2-12-5(4)11/h1-2H,(H2,11,12). The van der Waals surface area contributed by atoms with Crippen molar-refractivity contribution in [3.05, 3.63) is 15.8 Å². The summed E-state index contributed by atoms with van der Waals surface area (Å²) in [5, 5.41) is 0. The molecule has 0 aromatic carbocycles. The van der Waals surface area contributed by atoms with Gasteiger partial charge in [-0.25, -0.2) is 4.98 Å². The van der Waals surface area contributed by atoms with E-state index in [-0.39, 0.29) is 22.5 Å². The van der Waals surface area contributed by atoms with E-state index < -0.39 is 5.51 Å². The van der Waals surface area contributed by atoms with Crippen LogP contribution in [0.2, 0.25) is 0 Å². The topological polar surface area (TPSA) is 38.9 Å². The lowest BCUT2D eigenvalue weighted by Gasteiger charge is -2.07. The van der Waals surface area contributed by atoms with E-state index in [0.717, 1.165) is 0 Å². The number of anilines is 1. The van der Waals surface area contributed by atoms with E-state index in [1.165, 1.54) is 12.3 Å². The van der Waals surface area contributed by atoms with Gasteiger partial charge in [0.1, 0.15) is 5.82 Å². The maximum Gasteiger partial charge on any atom is 0.446 e. The molecule has 0 bridgehead atoms. The Labute approximate surface area is 90.2 Å². The average molecular weight is 320 g/mol. The first-order chi connectivity index (χ1) is 5.88. The largest absolute Gasteiger partial charge is 0.446 e. The summed E-state index contributed by atoms with van der Waals surface area (Å²) in [7, 11) is 0. The Morgan fingerprint density at radius 3 is 2.62 bits per heavy atom. The quantitative estimate of drug-likeness (QED) is 0.639. The van der Waals surface area contributed by atoms with E-state index in [0.29, 0.717) is 3.57 Å². The fourth-order valence-electron chi connectivity index (χ4n) is 0.638. The third-order valence-electron chi connectivity index (χ3n) is 1.07. The molecular formula is C6H4F3IN2S. The molecule has 7 heteroatoms. The number of pyridine rings is 1. The lowest BCUT2D eigenvalue weighted by atomic mass is 10.5. The number of nitrogen functional groups attached to an aromatic ring is 1. The molecule has 2 N–H and O–H groups in total. The summed E-state index contributed by atoms with van der Waals surface area (Å²) in [6.45, 7) is 0. The third kappa shape index (κ3) is 3.59. The zero-order chi connectivity index (χ0) is 10.1. The highest BCUT2D eigenvalue weighted by Gasteiger charge is 2.30. The van der Waals surface area contributed by atoms with Crippen LogP contribution in [0.3, 0.4) is 0 Å². The van der Waals surface area contributed by atoms with E-state index in [1.807, 2.05) is 22.6 Å². The first-order valence-corrected chi connectivity index (χ1v) is 4.95. The van der Waals surface area contributed by atoms with Crippen LogP contribution in [-0.2, 0) is 0 Å². The van der Waals surface area contributed by atoms with Crippen molar-refractivity contribution in [1.29, 1.82) is 0 Å². The van der Waals surface area contributed by atoms with Gasteiger partial charge < -0.3 is 5.73 Å². The number of thioether (sulfide) groups is 1. The smallest absolute Gasteiger partial charge is 0.383 e. The van der Waals surface area contributed by atoms with Crippen LogP contribution in [0, 0.1) is 3.57 Å². The molecule has 0 amide bonds. The molecule has 2 nitrogen and oxygen atoms in total. The number of aromatic nitrogens is 1. The molecule has 0 unspecified atom stereocenters. The van der Waals surface area contributed by atoms with Crippen LogP contribution in [0.4, 0.5) is 19.0 Å². The van der Waals surface area contributed by atoms with E-state index in [9.17, 15) is 13.2 Å². The summed E-state index contributed by atoms with van der Waals surface area (Å²) in [4.78, 5) is 3.56. The summed E-state index contributed by atoms with van der Waals surface area (Å²) in [5.74, 6) is -0.0947. The molecule has 1 aromatic heterocycles. The Kier molecular flexibility index (Phi) is 3.28. The minimum atomic E-state index is -4.32. The summed E-state index contributed by atoms with van der Waals surface area (Å²) in [5.41, 5.74) is 0.942. The average Bonchev–Trinajstić information content (AvgIpc) is 1.94. The van der Waals surface area contributed by atoms with Crippen molar-refractivity contribution in [1.82, 2.24) is 4.98 Å². The van der Waals surface area contributed by atoms with E-state index in [4.69, 9.17) is 5.73 Å². The van der Waals surface area contributed by atoms with Gasteiger partial charge in [0.15, 0.2) is 0 Å². The van der Waals surface area contributed by atoms with Crippen molar-refractivity contribution in [2.24, 2.45) is 0 Å². The number of nitrogens with two attached hydrogens (primary N) is 1. The van der Waals surface area contributed by atoms with Crippen LogP contribution >= 0.6 is 34.4 Å². The van der Waals surface area contributed by atoms with Gasteiger partial charge in [-0.05, 0) is 40.4 Å². The molecule has 0 aliphatic carbocycles. The maximum absolute atomic E-state index is 11.9. The predicted octanol–water partition coefficient (Wildman–Crippen LogP) is 2.88. The predicted molar refractivity (Wildman–Crippen MR) is 53.3 cm³/mol. The Bertz CT molecular complexity index is 315. The van der Waals surface area contributed by atoms with Crippen LogP contribution in [0.15, 0.2) is 17.2 Å². The minimum absolute atomic E-state index is 0.0561. The second-order valence-corrected chi connectivity index (χ2v) is 4.44. The summed E-state index contributed by atoms with van der Waals surface area (Å²) >= 11 is 1.62. The van der Waals surface area contributed by atoms with Crippen LogP contribution in [0.1, 0.15) is 0 Å². The monoisotopic (exact) mass is 320 g/mol. The van der Waals surface area contributed by atoms with Crippen LogP contribution in [0.5, 0.6) is 0 Å². The molecule has 0 aliphatic heterocycles. The van der Waals surface area contributed by atoms with Gasteiger partial charge in [0, 0.05) is 9.77 Å². The fourth-order valence-corrected chi connectivity index (χ4v) is 1.89. The molecule has 0 atom stereocenters. The molecular weight excluding hydrogens is 316 g/mol. The van der Waals surface area contributed by atoms with Crippen molar-refractivity contribution < 1.29 is 13.2 Å². The molecule has 72 valence electrons. The zero-order valence-electron chi connectivity index (χ0n) is 6.10.